The van der Waals surface area contributed by atoms with Gasteiger partial charge in [0.1, 0.15) is 5.65 Å². The van der Waals surface area contributed by atoms with Gasteiger partial charge in [-0.15, -0.1) is 0 Å². The molecule has 30 heavy (non-hydrogen) atoms. The summed E-state index contributed by atoms with van der Waals surface area (Å²) in [6, 6.07) is 23.3. The largest absolute Gasteiger partial charge is 0.322 e. The zero-order valence-corrected chi connectivity index (χ0v) is 16.4. The van der Waals surface area contributed by atoms with E-state index in [0.717, 1.165) is 34.0 Å². The topological polar surface area (TPSA) is 64.2 Å². The molecule has 0 aliphatic rings. The number of para-hydroxylation sites is 1. The first-order valence-electron chi connectivity index (χ1n) is 9.64. The van der Waals surface area contributed by atoms with Crippen LogP contribution in [0.4, 0.5) is 5.69 Å². The number of carbonyl (C=O) groups excluding carboxylic acids is 1. The van der Waals surface area contributed by atoms with E-state index in [9.17, 15) is 4.79 Å². The summed E-state index contributed by atoms with van der Waals surface area (Å²) < 4.78 is 3.75. The van der Waals surface area contributed by atoms with Crippen molar-refractivity contribution in [3.63, 3.8) is 0 Å². The maximum Gasteiger partial charge on any atom is 0.259 e. The first-order valence-corrected chi connectivity index (χ1v) is 9.64. The third kappa shape index (κ3) is 3.24. The highest BCUT2D eigenvalue weighted by Crippen LogP contribution is 2.22. The Kier molecular flexibility index (Phi) is 4.37. The molecule has 0 aliphatic heterocycles. The van der Waals surface area contributed by atoms with Crippen molar-refractivity contribution >= 4 is 17.2 Å². The lowest BCUT2D eigenvalue weighted by Crippen LogP contribution is -2.13. The van der Waals surface area contributed by atoms with Crippen LogP contribution >= 0.6 is 0 Å². The molecule has 6 nitrogen and oxygen atoms in total. The van der Waals surface area contributed by atoms with E-state index in [1.165, 1.54) is 0 Å². The lowest BCUT2D eigenvalue weighted by molar-refractivity contribution is 0.102. The molecule has 5 rings (SSSR count). The Hall–Kier alpha value is -4.19. The number of rotatable bonds is 4. The minimum absolute atomic E-state index is 0.185. The van der Waals surface area contributed by atoms with Crippen molar-refractivity contribution in [2.45, 2.75) is 6.92 Å². The van der Waals surface area contributed by atoms with Gasteiger partial charge in [-0.05, 0) is 43.3 Å². The minimum Gasteiger partial charge on any atom is -0.322 e. The van der Waals surface area contributed by atoms with E-state index in [0.29, 0.717) is 5.56 Å². The Morgan fingerprint density at radius 2 is 1.70 bits per heavy atom. The molecule has 146 valence electrons. The fourth-order valence-electron chi connectivity index (χ4n) is 3.46. The summed E-state index contributed by atoms with van der Waals surface area (Å²) in [5.41, 5.74) is 5.76. The normalized spacial score (nSPS) is 11.0. The Morgan fingerprint density at radius 1 is 0.933 bits per heavy atom. The lowest BCUT2D eigenvalue weighted by Gasteiger charge is -2.07. The third-order valence-electron chi connectivity index (χ3n) is 5.06. The maximum absolute atomic E-state index is 12.8. The minimum atomic E-state index is -0.185. The molecule has 0 atom stereocenters. The maximum atomic E-state index is 12.8. The number of imidazole rings is 1. The monoisotopic (exact) mass is 393 g/mol. The predicted octanol–water partition coefficient (Wildman–Crippen LogP) is 4.75. The molecule has 0 saturated heterocycles. The molecule has 0 bridgehead atoms. The van der Waals surface area contributed by atoms with Crippen LogP contribution in [-0.4, -0.2) is 25.1 Å². The second kappa shape index (κ2) is 7.33. The number of nitrogens with zero attached hydrogens (tertiary/aromatic N) is 4. The van der Waals surface area contributed by atoms with Gasteiger partial charge in [-0.1, -0.05) is 36.4 Å². The van der Waals surface area contributed by atoms with Gasteiger partial charge < -0.3 is 9.72 Å². The highest BCUT2D eigenvalue weighted by molar-refractivity contribution is 6.05. The summed E-state index contributed by atoms with van der Waals surface area (Å²) in [7, 11) is 0. The smallest absolute Gasteiger partial charge is 0.259 e. The van der Waals surface area contributed by atoms with Crippen LogP contribution in [-0.2, 0) is 0 Å². The molecule has 2 aromatic carbocycles. The molecular weight excluding hydrogens is 374 g/mol. The summed E-state index contributed by atoms with van der Waals surface area (Å²) in [4.78, 5) is 17.4. The van der Waals surface area contributed by atoms with Crippen LogP contribution in [0.1, 0.15) is 16.1 Å². The molecule has 1 N–H and O–H groups in total. The van der Waals surface area contributed by atoms with Crippen molar-refractivity contribution in [2.75, 3.05) is 5.32 Å². The van der Waals surface area contributed by atoms with Crippen molar-refractivity contribution in [3.05, 3.63) is 103 Å². The van der Waals surface area contributed by atoms with E-state index in [1.807, 2.05) is 96.5 Å². The molecular formula is C24H19N5O. The van der Waals surface area contributed by atoms with Crippen molar-refractivity contribution in [1.82, 2.24) is 19.2 Å². The summed E-state index contributed by atoms with van der Waals surface area (Å²) in [5.74, 6) is -0.185. The molecule has 3 aromatic heterocycles. The van der Waals surface area contributed by atoms with Gasteiger partial charge in [0, 0.05) is 23.6 Å². The number of pyridine rings is 1. The number of anilines is 1. The molecule has 0 fully saturated rings. The van der Waals surface area contributed by atoms with Gasteiger partial charge in [0.25, 0.3) is 5.91 Å². The van der Waals surface area contributed by atoms with Crippen LogP contribution in [0, 0.1) is 6.92 Å². The van der Waals surface area contributed by atoms with Gasteiger partial charge in [-0.3, -0.25) is 4.79 Å². The van der Waals surface area contributed by atoms with Gasteiger partial charge in [0.2, 0.25) is 0 Å². The Morgan fingerprint density at radius 3 is 2.47 bits per heavy atom. The van der Waals surface area contributed by atoms with E-state index in [2.05, 4.69) is 15.4 Å². The summed E-state index contributed by atoms with van der Waals surface area (Å²) in [6.45, 7) is 1.89. The molecule has 1 amide bonds. The SMILES string of the molecule is Cc1c(C(=O)Nc2ccc(-c3cn4ccccc4n3)cc2)cnn1-c1ccccc1. The summed E-state index contributed by atoms with van der Waals surface area (Å²) in [5, 5.41) is 7.32. The highest BCUT2D eigenvalue weighted by Gasteiger charge is 2.15. The number of benzene rings is 2. The highest BCUT2D eigenvalue weighted by atomic mass is 16.1. The van der Waals surface area contributed by atoms with Gasteiger partial charge in [-0.25, -0.2) is 9.67 Å². The number of hydrogen-bond donors (Lipinski definition) is 1. The van der Waals surface area contributed by atoms with Crippen LogP contribution < -0.4 is 5.32 Å². The van der Waals surface area contributed by atoms with Gasteiger partial charge in [0.15, 0.2) is 0 Å². The van der Waals surface area contributed by atoms with Crippen LogP contribution in [0.5, 0.6) is 0 Å². The van der Waals surface area contributed by atoms with Crippen molar-refractivity contribution < 1.29 is 4.79 Å². The first kappa shape index (κ1) is 17.9. The molecule has 0 unspecified atom stereocenters. The van der Waals surface area contributed by atoms with Gasteiger partial charge >= 0.3 is 0 Å². The molecule has 3 heterocycles. The summed E-state index contributed by atoms with van der Waals surface area (Å²) >= 11 is 0. The van der Waals surface area contributed by atoms with Crippen molar-refractivity contribution in [1.29, 1.82) is 0 Å². The third-order valence-corrected chi connectivity index (χ3v) is 5.06. The van der Waals surface area contributed by atoms with Crippen LogP contribution in [0.15, 0.2) is 91.4 Å². The predicted molar refractivity (Wildman–Crippen MR) is 117 cm³/mol. The van der Waals surface area contributed by atoms with Crippen LogP contribution in [0.3, 0.4) is 0 Å². The van der Waals surface area contributed by atoms with Crippen LogP contribution in [0.25, 0.3) is 22.6 Å². The number of amides is 1. The second-order valence-corrected chi connectivity index (χ2v) is 7.01. The first-order chi connectivity index (χ1) is 14.7. The molecule has 0 saturated carbocycles. The quantitative estimate of drug-likeness (QED) is 0.479. The Balaban J connectivity index is 1.35. The van der Waals surface area contributed by atoms with E-state index in [4.69, 9.17) is 0 Å². The number of aromatic nitrogens is 4. The molecule has 6 heteroatoms. The van der Waals surface area contributed by atoms with E-state index < -0.39 is 0 Å². The fourth-order valence-corrected chi connectivity index (χ4v) is 3.46. The Bertz CT molecular complexity index is 1300. The van der Waals surface area contributed by atoms with E-state index in [1.54, 1.807) is 10.9 Å². The van der Waals surface area contributed by atoms with Gasteiger partial charge in [0.05, 0.1) is 28.8 Å². The Labute approximate surface area is 173 Å². The van der Waals surface area contributed by atoms with E-state index >= 15 is 0 Å². The average molecular weight is 393 g/mol. The van der Waals surface area contributed by atoms with Crippen LogP contribution in [0.2, 0.25) is 0 Å². The molecule has 5 aromatic rings. The number of carbonyl (C=O) groups is 1. The zero-order valence-electron chi connectivity index (χ0n) is 16.4. The average Bonchev–Trinajstić information content (AvgIpc) is 3.38. The van der Waals surface area contributed by atoms with E-state index in [-0.39, 0.29) is 5.91 Å². The number of nitrogens with one attached hydrogen (secondary N) is 1. The summed E-state index contributed by atoms with van der Waals surface area (Å²) in [6.07, 6.45) is 5.56. The molecule has 0 spiro atoms. The fraction of sp³-hybridized carbons (Fsp3) is 0.0417. The zero-order chi connectivity index (χ0) is 20.5. The molecule has 0 radical (unpaired) electrons. The lowest BCUT2D eigenvalue weighted by atomic mass is 10.1. The standard InChI is InChI=1S/C24H19N5O/c1-17-21(15-25-29(17)20-7-3-2-4-8-20)24(30)26-19-12-10-18(11-13-19)22-16-28-14-6-5-9-23(28)27-22/h2-16H,1H3,(H,26,30). The number of fused-ring (bicyclic) bond motifs is 1. The molecule has 0 aliphatic carbocycles. The van der Waals surface area contributed by atoms with Crippen molar-refractivity contribution in [2.24, 2.45) is 0 Å². The van der Waals surface area contributed by atoms with Crippen molar-refractivity contribution in [3.8, 4) is 16.9 Å². The number of hydrogen-bond acceptors (Lipinski definition) is 3. The second-order valence-electron chi connectivity index (χ2n) is 7.01. The van der Waals surface area contributed by atoms with Gasteiger partial charge in [-0.2, -0.15) is 5.10 Å².